The van der Waals surface area contributed by atoms with E-state index in [2.05, 4.69) is 16.3 Å². The second kappa shape index (κ2) is 3.55. The topological polar surface area (TPSA) is 51.8 Å². The Morgan fingerprint density at radius 2 is 2.22 bits per heavy atom. The third-order valence-electron chi connectivity index (χ3n) is 0.744. The molecule has 0 atom stereocenters. The van der Waals surface area contributed by atoms with Gasteiger partial charge in [0.25, 0.3) is 0 Å². The molecule has 0 aliphatic heterocycles. The third kappa shape index (κ3) is 2.54. The van der Waals surface area contributed by atoms with Crippen LogP contribution in [0.1, 0.15) is 5.69 Å². The van der Waals surface area contributed by atoms with E-state index in [0.29, 0.717) is 5.82 Å². The summed E-state index contributed by atoms with van der Waals surface area (Å²) in [5.41, 5.74) is 5.98. The average Bonchev–Trinajstić information content (AvgIpc) is 1.77. The summed E-state index contributed by atoms with van der Waals surface area (Å²) in [5.74, 6) is 0.413. The van der Waals surface area contributed by atoms with Crippen molar-refractivity contribution in [3.8, 4) is 0 Å². The van der Waals surface area contributed by atoms with Crippen molar-refractivity contribution < 1.29 is 20.4 Å². The van der Waals surface area contributed by atoms with Crippen LogP contribution in [0.25, 0.3) is 0 Å². The molecule has 1 rings (SSSR count). The molecule has 9 heavy (non-hydrogen) atoms. The predicted octanol–water partition coefficient (Wildman–Crippen LogP) is 0.165. The van der Waals surface area contributed by atoms with Gasteiger partial charge < -0.3 is 5.73 Å². The van der Waals surface area contributed by atoms with Gasteiger partial charge in [0.15, 0.2) is 0 Å². The molecule has 0 saturated carbocycles. The molecule has 1 aromatic rings. The first-order valence-corrected chi connectivity index (χ1v) is 2.26. The Morgan fingerprint density at radius 1 is 1.56 bits per heavy atom. The van der Waals surface area contributed by atoms with Crippen LogP contribution in [0.15, 0.2) is 6.07 Å². The minimum absolute atomic E-state index is 0. The molecule has 1 radical (unpaired) electrons. The SMILES string of the molecule is Cc1[c-]cc(N)nn1.[Re]. The number of aromatic nitrogens is 2. The molecule has 0 saturated heterocycles. The fourth-order valence-electron chi connectivity index (χ4n) is 0.369. The summed E-state index contributed by atoms with van der Waals surface area (Å²) in [6.45, 7) is 1.81. The number of anilines is 1. The minimum Gasteiger partial charge on any atom is -0.459 e. The molecule has 0 aromatic carbocycles. The molecule has 0 fully saturated rings. The zero-order valence-corrected chi connectivity index (χ0v) is 7.64. The molecule has 1 aromatic heterocycles. The third-order valence-corrected chi connectivity index (χ3v) is 0.744. The molecule has 49 valence electrons. The van der Waals surface area contributed by atoms with Gasteiger partial charge in [-0.2, -0.15) is 11.2 Å². The number of hydrogen-bond acceptors (Lipinski definition) is 3. The fourth-order valence-corrected chi connectivity index (χ4v) is 0.369. The van der Waals surface area contributed by atoms with Crippen molar-refractivity contribution in [2.75, 3.05) is 5.73 Å². The van der Waals surface area contributed by atoms with Gasteiger partial charge in [0.05, 0.1) is 0 Å². The van der Waals surface area contributed by atoms with Crippen LogP contribution in [0.5, 0.6) is 0 Å². The van der Waals surface area contributed by atoms with Crippen molar-refractivity contribution in [3.05, 3.63) is 17.8 Å². The van der Waals surface area contributed by atoms with E-state index in [4.69, 9.17) is 5.73 Å². The van der Waals surface area contributed by atoms with E-state index in [1.165, 1.54) is 0 Å². The van der Waals surface area contributed by atoms with Gasteiger partial charge in [0.2, 0.25) is 0 Å². The van der Waals surface area contributed by atoms with Gasteiger partial charge in [-0.1, -0.05) is 0 Å². The Morgan fingerprint density at radius 3 is 2.56 bits per heavy atom. The molecule has 0 amide bonds. The van der Waals surface area contributed by atoms with Crippen LogP contribution in [0.3, 0.4) is 0 Å². The Labute approximate surface area is 67.3 Å². The van der Waals surface area contributed by atoms with E-state index in [-0.39, 0.29) is 20.4 Å². The van der Waals surface area contributed by atoms with Crippen LogP contribution >= 0.6 is 0 Å². The summed E-state index contributed by atoms with van der Waals surface area (Å²) in [7, 11) is 0. The van der Waals surface area contributed by atoms with Crippen molar-refractivity contribution in [3.63, 3.8) is 0 Å². The van der Waals surface area contributed by atoms with E-state index in [1.54, 1.807) is 6.07 Å². The van der Waals surface area contributed by atoms with Gasteiger partial charge in [-0.15, -0.1) is 0 Å². The quantitative estimate of drug-likeness (QED) is 0.694. The van der Waals surface area contributed by atoms with E-state index < -0.39 is 0 Å². The normalized spacial score (nSPS) is 8.11. The summed E-state index contributed by atoms with van der Waals surface area (Å²) >= 11 is 0. The largest absolute Gasteiger partial charge is 0.459 e. The predicted molar refractivity (Wildman–Crippen MR) is 30.0 cm³/mol. The molecule has 0 aliphatic carbocycles. The molecule has 0 bridgehead atoms. The van der Waals surface area contributed by atoms with Gasteiger partial charge in [-0.05, 0) is 18.4 Å². The first-order valence-electron chi connectivity index (χ1n) is 2.26. The monoisotopic (exact) mass is 295 g/mol. The molecule has 3 nitrogen and oxygen atoms in total. The Balaban J connectivity index is 0.000000640. The molecular formula is C5H6N3Re-. The second-order valence-electron chi connectivity index (χ2n) is 1.50. The molecule has 0 aliphatic rings. The standard InChI is InChI=1S/C5H6N3.Re/c1-4-2-3-5(6)8-7-4;/h3H,1H3,(H2,6,8);/q-1;. The maximum atomic E-state index is 5.22. The molecular weight excluding hydrogens is 288 g/mol. The Kier molecular flexibility index (Phi) is 3.37. The Bertz CT molecular complexity index is 151. The van der Waals surface area contributed by atoms with E-state index >= 15 is 0 Å². The fraction of sp³-hybridized carbons (Fsp3) is 0.200. The zero-order valence-electron chi connectivity index (χ0n) is 4.93. The number of aryl methyl sites for hydroxylation is 1. The van der Waals surface area contributed by atoms with Crippen molar-refractivity contribution >= 4 is 5.82 Å². The maximum absolute atomic E-state index is 5.22. The molecule has 4 heteroatoms. The van der Waals surface area contributed by atoms with E-state index in [9.17, 15) is 0 Å². The number of hydrogen-bond donors (Lipinski definition) is 1. The van der Waals surface area contributed by atoms with Gasteiger partial charge in [-0.25, -0.2) is 11.2 Å². The number of nitrogens with zero attached hydrogens (tertiary/aromatic N) is 2. The van der Waals surface area contributed by atoms with Crippen LogP contribution in [0.4, 0.5) is 5.82 Å². The van der Waals surface area contributed by atoms with E-state index in [1.807, 2.05) is 6.92 Å². The van der Waals surface area contributed by atoms with Crippen LogP contribution in [-0.4, -0.2) is 10.2 Å². The summed E-state index contributed by atoms with van der Waals surface area (Å²) in [5, 5.41) is 7.22. The van der Waals surface area contributed by atoms with Gasteiger partial charge in [-0.3, -0.25) is 0 Å². The molecule has 1 heterocycles. The van der Waals surface area contributed by atoms with Crippen molar-refractivity contribution in [2.45, 2.75) is 6.92 Å². The number of rotatable bonds is 0. The zero-order chi connectivity index (χ0) is 5.98. The van der Waals surface area contributed by atoms with Crippen LogP contribution < -0.4 is 5.73 Å². The first-order chi connectivity index (χ1) is 3.79. The van der Waals surface area contributed by atoms with Crippen molar-refractivity contribution in [1.29, 1.82) is 0 Å². The molecule has 2 N–H and O–H groups in total. The van der Waals surface area contributed by atoms with Crippen molar-refractivity contribution in [2.24, 2.45) is 0 Å². The summed E-state index contributed by atoms with van der Waals surface area (Å²) in [6, 6.07) is 4.40. The average molecular weight is 294 g/mol. The maximum Gasteiger partial charge on any atom is 0 e. The minimum atomic E-state index is 0. The summed E-state index contributed by atoms with van der Waals surface area (Å²) in [6.07, 6.45) is 0. The number of nitrogens with two attached hydrogens (primary N) is 1. The smallest absolute Gasteiger partial charge is 0 e. The van der Waals surface area contributed by atoms with Gasteiger partial charge >= 0.3 is 0 Å². The summed E-state index contributed by atoms with van der Waals surface area (Å²) in [4.78, 5) is 0. The Hall–Kier alpha value is -0.458. The van der Waals surface area contributed by atoms with E-state index in [0.717, 1.165) is 5.69 Å². The van der Waals surface area contributed by atoms with Crippen LogP contribution in [0.2, 0.25) is 0 Å². The second-order valence-corrected chi connectivity index (χ2v) is 1.50. The molecule has 0 spiro atoms. The number of nitrogen functional groups attached to an aromatic ring is 1. The molecule has 0 unspecified atom stereocenters. The first kappa shape index (κ1) is 8.54. The van der Waals surface area contributed by atoms with Crippen molar-refractivity contribution in [1.82, 2.24) is 10.2 Å². The summed E-state index contributed by atoms with van der Waals surface area (Å²) < 4.78 is 0. The van der Waals surface area contributed by atoms with Gasteiger partial charge in [0, 0.05) is 20.4 Å². The van der Waals surface area contributed by atoms with Gasteiger partial charge in [0.1, 0.15) is 0 Å². The van der Waals surface area contributed by atoms with Crippen LogP contribution in [0, 0.1) is 13.0 Å². The van der Waals surface area contributed by atoms with Crippen LogP contribution in [-0.2, 0) is 20.4 Å².